The van der Waals surface area contributed by atoms with Crippen molar-refractivity contribution in [3.05, 3.63) is 29.8 Å². The summed E-state index contributed by atoms with van der Waals surface area (Å²) in [5, 5.41) is 0.167. The van der Waals surface area contributed by atoms with Gasteiger partial charge in [0.2, 0.25) is 0 Å². The third-order valence-electron chi connectivity index (χ3n) is 4.95. The average molecular weight is 279 g/mol. The second-order valence-corrected chi connectivity index (χ2v) is 6.67. The van der Waals surface area contributed by atoms with Crippen LogP contribution < -0.4 is 4.74 Å². The highest BCUT2D eigenvalue weighted by Crippen LogP contribution is 2.51. The first-order valence-electron chi connectivity index (χ1n) is 7.63. The van der Waals surface area contributed by atoms with Gasteiger partial charge in [0.25, 0.3) is 0 Å². The summed E-state index contributed by atoms with van der Waals surface area (Å²) in [6.45, 7) is 2.72. The van der Waals surface area contributed by atoms with Crippen LogP contribution in [0, 0.1) is 17.8 Å². The van der Waals surface area contributed by atoms with Gasteiger partial charge in [0.15, 0.2) is 0 Å². The molecule has 2 aliphatic rings. The third-order valence-corrected chi connectivity index (χ3v) is 5.38. The van der Waals surface area contributed by atoms with Crippen LogP contribution in [0.4, 0.5) is 0 Å². The molecule has 0 heterocycles. The molecule has 2 bridgehead atoms. The van der Waals surface area contributed by atoms with Gasteiger partial charge < -0.3 is 4.74 Å². The first-order valence-corrected chi connectivity index (χ1v) is 8.06. The average Bonchev–Trinajstić information content (AvgIpc) is 3.02. The van der Waals surface area contributed by atoms with Crippen LogP contribution in [0.1, 0.15) is 50.0 Å². The van der Waals surface area contributed by atoms with E-state index in [-0.39, 0.29) is 5.38 Å². The van der Waals surface area contributed by atoms with Gasteiger partial charge in [0.05, 0.1) is 12.0 Å². The molecular formula is C17H23ClO. The molecule has 0 amide bonds. The lowest BCUT2D eigenvalue weighted by molar-refractivity contribution is 0.311. The third kappa shape index (κ3) is 2.91. The maximum absolute atomic E-state index is 6.61. The summed E-state index contributed by atoms with van der Waals surface area (Å²) in [6.07, 6.45) is 6.96. The topological polar surface area (TPSA) is 9.23 Å². The van der Waals surface area contributed by atoms with Crippen LogP contribution in [0.25, 0.3) is 0 Å². The van der Waals surface area contributed by atoms with Gasteiger partial charge in [0.1, 0.15) is 5.75 Å². The van der Waals surface area contributed by atoms with E-state index >= 15 is 0 Å². The number of ether oxygens (including phenoxy) is 1. The van der Waals surface area contributed by atoms with Gasteiger partial charge in [-0.05, 0) is 68.1 Å². The molecule has 1 nitrogen and oxygen atoms in total. The van der Waals surface area contributed by atoms with Crippen LogP contribution in [-0.4, -0.2) is 6.61 Å². The number of halogens is 1. The Bertz CT molecular complexity index is 414. The molecule has 1 aromatic carbocycles. The minimum atomic E-state index is 0.167. The summed E-state index contributed by atoms with van der Waals surface area (Å²) in [7, 11) is 0. The largest absolute Gasteiger partial charge is 0.494 e. The minimum Gasteiger partial charge on any atom is -0.494 e. The van der Waals surface area contributed by atoms with Crippen molar-refractivity contribution >= 4 is 11.6 Å². The van der Waals surface area contributed by atoms with Crippen LogP contribution in [0.3, 0.4) is 0 Å². The van der Waals surface area contributed by atoms with Crippen molar-refractivity contribution in [2.24, 2.45) is 17.8 Å². The Kier molecular flexibility index (Phi) is 4.02. The smallest absolute Gasteiger partial charge is 0.119 e. The van der Waals surface area contributed by atoms with Crippen molar-refractivity contribution in [2.75, 3.05) is 6.61 Å². The number of hydrogen-bond donors (Lipinski definition) is 0. The molecule has 0 saturated heterocycles. The van der Waals surface area contributed by atoms with E-state index in [0.29, 0.717) is 0 Å². The van der Waals surface area contributed by atoms with Gasteiger partial charge in [-0.2, -0.15) is 0 Å². The summed E-state index contributed by atoms with van der Waals surface area (Å²) in [5.41, 5.74) is 1.24. The molecule has 0 N–H and O–H groups in total. The number of fused-ring (bicyclic) bond motifs is 2. The molecular weight excluding hydrogens is 256 g/mol. The van der Waals surface area contributed by atoms with Gasteiger partial charge >= 0.3 is 0 Å². The fraction of sp³-hybridized carbons (Fsp3) is 0.647. The molecule has 2 heteroatoms. The van der Waals surface area contributed by atoms with Crippen molar-refractivity contribution in [3.8, 4) is 5.75 Å². The number of alkyl halides is 1. The Morgan fingerprint density at radius 3 is 2.58 bits per heavy atom. The highest BCUT2D eigenvalue weighted by Gasteiger charge is 2.39. The highest BCUT2D eigenvalue weighted by molar-refractivity contribution is 6.20. The molecule has 104 valence electrons. The molecule has 0 aliphatic heterocycles. The lowest BCUT2D eigenvalue weighted by Crippen LogP contribution is -2.12. The van der Waals surface area contributed by atoms with E-state index in [0.717, 1.165) is 36.5 Å². The Morgan fingerprint density at radius 1 is 1.21 bits per heavy atom. The zero-order valence-corrected chi connectivity index (χ0v) is 12.4. The zero-order chi connectivity index (χ0) is 13.2. The van der Waals surface area contributed by atoms with E-state index in [1.165, 1.54) is 31.2 Å². The molecule has 4 unspecified atom stereocenters. The fourth-order valence-electron chi connectivity index (χ4n) is 4.01. The Hall–Kier alpha value is -0.690. The van der Waals surface area contributed by atoms with Crippen molar-refractivity contribution in [3.63, 3.8) is 0 Å². The zero-order valence-electron chi connectivity index (χ0n) is 11.6. The number of rotatable bonds is 5. The molecule has 1 aromatic rings. The lowest BCUT2D eigenvalue weighted by atomic mass is 9.84. The lowest BCUT2D eigenvalue weighted by Gasteiger charge is -2.24. The summed E-state index contributed by atoms with van der Waals surface area (Å²) in [5.74, 6) is 3.79. The summed E-state index contributed by atoms with van der Waals surface area (Å²) in [4.78, 5) is 0. The maximum atomic E-state index is 6.61. The second-order valence-electron chi connectivity index (χ2n) is 6.14. The van der Waals surface area contributed by atoms with E-state index < -0.39 is 0 Å². The normalized spacial score (nSPS) is 30.5. The monoisotopic (exact) mass is 278 g/mol. The number of benzene rings is 1. The van der Waals surface area contributed by atoms with Gasteiger partial charge in [-0.3, -0.25) is 0 Å². The SMILES string of the molecule is CCOc1ccc(C(Cl)CC2CC3CCC2C3)cc1. The van der Waals surface area contributed by atoms with E-state index in [1.54, 1.807) is 0 Å². The van der Waals surface area contributed by atoms with E-state index in [1.807, 2.05) is 19.1 Å². The first-order chi connectivity index (χ1) is 9.26. The maximum Gasteiger partial charge on any atom is 0.119 e. The molecule has 19 heavy (non-hydrogen) atoms. The van der Waals surface area contributed by atoms with Crippen molar-refractivity contribution in [2.45, 2.75) is 44.4 Å². The van der Waals surface area contributed by atoms with Crippen LogP contribution in [-0.2, 0) is 0 Å². The van der Waals surface area contributed by atoms with E-state index in [4.69, 9.17) is 16.3 Å². The molecule has 3 rings (SSSR count). The molecule has 4 atom stereocenters. The van der Waals surface area contributed by atoms with Crippen molar-refractivity contribution in [1.82, 2.24) is 0 Å². The van der Waals surface area contributed by atoms with Gasteiger partial charge in [-0.1, -0.05) is 18.6 Å². The van der Waals surface area contributed by atoms with Crippen LogP contribution in [0.2, 0.25) is 0 Å². The Labute approximate surface area is 121 Å². The van der Waals surface area contributed by atoms with Crippen LogP contribution >= 0.6 is 11.6 Å². The summed E-state index contributed by atoms with van der Waals surface area (Å²) < 4.78 is 5.47. The highest BCUT2D eigenvalue weighted by atomic mass is 35.5. The van der Waals surface area contributed by atoms with Gasteiger partial charge in [-0.25, -0.2) is 0 Å². The standard InChI is InChI=1S/C17H23ClO/c1-2-19-16-7-5-13(6-8-16)17(18)11-15-10-12-3-4-14(15)9-12/h5-8,12,14-15,17H,2-4,9-11H2,1H3. The Balaban J connectivity index is 1.59. The minimum absolute atomic E-state index is 0.167. The fourth-order valence-corrected chi connectivity index (χ4v) is 4.38. The van der Waals surface area contributed by atoms with Gasteiger partial charge in [0, 0.05) is 0 Å². The van der Waals surface area contributed by atoms with E-state index in [2.05, 4.69) is 12.1 Å². The van der Waals surface area contributed by atoms with Gasteiger partial charge in [-0.15, -0.1) is 11.6 Å². The molecule has 2 fully saturated rings. The first kappa shape index (κ1) is 13.3. The van der Waals surface area contributed by atoms with Crippen LogP contribution in [0.15, 0.2) is 24.3 Å². The van der Waals surface area contributed by atoms with Crippen molar-refractivity contribution < 1.29 is 4.74 Å². The molecule has 2 saturated carbocycles. The Morgan fingerprint density at radius 2 is 2.00 bits per heavy atom. The van der Waals surface area contributed by atoms with Crippen LogP contribution in [0.5, 0.6) is 5.75 Å². The second kappa shape index (κ2) is 5.75. The summed E-state index contributed by atoms with van der Waals surface area (Å²) >= 11 is 6.61. The number of hydrogen-bond acceptors (Lipinski definition) is 1. The quantitative estimate of drug-likeness (QED) is 0.673. The van der Waals surface area contributed by atoms with Crippen molar-refractivity contribution in [1.29, 1.82) is 0 Å². The molecule has 2 aliphatic carbocycles. The summed E-state index contributed by atoms with van der Waals surface area (Å²) in [6, 6.07) is 8.32. The molecule has 0 spiro atoms. The molecule has 0 radical (unpaired) electrons. The predicted octanol–water partition coefficient (Wildman–Crippen LogP) is 5.19. The van der Waals surface area contributed by atoms with E-state index in [9.17, 15) is 0 Å². The molecule has 0 aromatic heterocycles. The predicted molar refractivity (Wildman–Crippen MR) is 79.8 cm³/mol.